The number of pyridine rings is 1. The van der Waals surface area contributed by atoms with Gasteiger partial charge in [-0.25, -0.2) is 9.37 Å². The molecule has 2 fully saturated rings. The summed E-state index contributed by atoms with van der Waals surface area (Å²) in [5.74, 6) is 0.247. The Morgan fingerprint density at radius 3 is 2.59 bits per heavy atom. The Balaban J connectivity index is 1.40. The van der Waals surface area contributed by atoms with E-state index in [1.54, 1.807) is 24.4 Å². The summed E-state index contributed by atoms with van der Waals surface area (Å²) in [7, 11) is 1.41. The number of aromatic hydroxyl groups is 1. The predicted molar refractivity (Wildman–Crippen MR) is 138 cm³/mol. The van der Waals surface area contributed by atoms with Gasteiger partial charge in [0.2, 0.25) is 11.8 Å². The van der Waals surface area contributed by atoms with Gasteiger partial charge in [0.1, 0.15) is 11.9 Å². The number of rotatable bonds is 8. The van der Waals surface area contributed by atoms with Crippen LogP contribution in [0, 0.1) is 11.4 Å². The second kappa shape index (κ2) is 10.2. The molecule has 0 amide bonds. The number of anilines is 1. The van der Waals surface area contributed by atoms with Crippen LogP contribution in [0.25, 0.3) is 22.5 Å². The minimum Gasteiger partial charge on any atom is -0.507 e. The Bertz CT molecular complexity index is 1250. The molecule has 2 aromatic heterocycles. The molecule has 0 aliphatic heterocycles. The highest BCUT2D eigenvalue weighted by molar-refractivity contribution is 5.73. The van der Waals surface area contributed by atoms with Crippen molar-refractivity contribution in [3.8, 4) is 34.1 Å². The first kappa shape index (κ1) is 25.3. The molecular formula is C28H33F2N5O2. The van der Waals surface area contributed by atoms with E-state index in [9.17, 15) is 9.50 Å². The molecule has 0 spiro atoms. The second-order valence-electron chi connectivity index (χ2n) is 10.5. The lowest BCUT2D eigenvalue weighted by Crippen LogP contribution is -2.52. The summed E-state index contributed by atoms with van der Waals surface area (Å²) in [4.78, 5) is 10.2. The maximum atomic E-state index is 15.9. The SMILES string of the molecule is CCC[C@]1(C)CCC[C@H](N(c2cnc(-c3ccc(-c4cc(F)nc(OC)c4)cc3O)nn2)C2CC2)[C@@H]1F. The van der Waals surface area contributed by atoms with Crippen molar-refractivity contribution in [3.63, 3.8) is 0 Å². The van der Waals surface area contributed by atoms with Gasteiger partial charge in [-0.05, 0) is 55.4 Å². The van der Waals surface area contributed by atoms with E-state index in [-0.39, 0.29) is 35.0 Å². The monoisotopic (exact) mass is 509 g/mol. The van der Waals surface area contributed by atoms with E-state index in [2.05, 4.69) is 38.9 Å². The van der Waals surface area contributed by atoms with E-state index >= 15 is 4.39 Å². The summed E-state index contributed by atoms with van der Waals surface area (Å²) >= 11 is 0. The minimum atomic E-state index is -0.934. The Morgan fingerprint density at radius 1 is 1.14 bits per heavy atom. The fraction of sp³-hybridized carbons (Fsp3) is 0.500. The normalized spacial score (nSPS) is 23.6. The second-order valence-corrected chi connectivity index (χ2v) is 10.5. The maximum absolute atomic E-state index is 15.9. The topological polar surface area (TPSA) is 84.3 Å². The van der Waals surface area contributed by atoms with E-state index in [4.69, 9.17) is 4.74 Å². The molecule has 5 rings (SSSR count). The first-order chi connectivity index (χ1) is 17.8. The Hall–Kier alpha value is -3.36. The van der Waals surface area contributed by atoms with E-state index in [1.807, 2.05) is 0 Å². The molecule has 2 aliphatic rings. The lowest BCUT2D eigenvalue weighted by atomic mass is 9.69. The average Bonchev–Trinajstić information content (AvgIpc) is 3.72. The molecule has 7 nitrogen and oxygen atoms in total. The molecule has 2 heterocycles. The molecule has 1 N–H and O–H groups in total. The molecule has 3 aromatic rings. The number of halogens is 2. The van der Waals surface area contributed by atoms with Crippen molar-refractivity contribution in [2.45, 2.75) is 77.0 Å². The highest BCUT2D eigenvalue weighted by Crippen LogP contribution is 2.46. The van der Waals surface area contributed by atoms with Crippen LogP contribution in [0.5, 0.6) is 11.6 Å². The van der Waals surface area contributed by atoms with Crippen LogP contribution in [0.15, 0.2) is 36.5 Å². The van der Waals surface area contributed by atoms with E-state index in [0.717, 1.165) is 44.9 Å². The number of hydrogen-bond donors (Lipinski definition) is 1. The first-order valence-corrected chi connectivity index (χ1v) is 13.0. The summed E-state index contributed by atoms with van der Waals surface area (Å²) in [6.45, 7) is 4.19. The van der Waals surface area contributed by atoms with E-state index < -0.39 is 12.1 Å². The molecule has 0 unspecified atom stereocenters. The zero-order valence-corrected chi connectivity index (χ0v) is 21.5. The Morgan fingerprint density at radius 2 is 1.95 bits per heavy atom. The van der Waals surface area contributed by atoms with Crippen molar-refractivity contribution < 1.29 is 18.6 Å². The van der Waals surface area contributed by atoms with Crippen molar-refractivity contribution in [2.24, 2.45) is 5.41 Å². The van der Waals surface area contributed by atoms with Crippen molar-refractivity contribution in [2.75, 3.05) is 12.0 Å². The highest BCUT2D eigenvalue weighted by Gasteiger charge is 2.48. The van der Waals surface area contributed by atoms with Crippen molar-refractivity contribution in [1.82, 2.24) is 20.2 Å². The van der Waals surface area contributed by atoms with Gasteiger partial charge < -0.3 is 14.7 Å². The van der Waals surface area contributed by atoms with Crippen LogP contribution in [-0.4, -0.2) is 50.6 Å². The van der Waals surface area contributed by atoms with Crippen molar-refractivity contribution >= 4 is 5.82 Å². The molecule has 3 atom stereocenters. The van der Waals surface area contributed by atoms with Crippen molar-refractivity contribution in [1.29, 1.82) is 0 Å². The van der Waals surface area contributed by atoms with Gasteiger partial charge in [-0.3, -0.25) is 0 Å². The van der Waals surface area contributed by atoms with E-state index in [1.165, 1.54) is 19.2 Å². The largest absolute Gasteiger partial charge is 0.507 e. The molecule has 9 heteroatoms. The summed E-state index contributed by atoms with van der Waals surface area (Å²) in [6.07, 6.45) is 7.27. The number of aromatic nitrogens is 4. The highest BCUT2D eigenvalue weighted by atomic mass is 19.1. The van der Waals surface area contributed by atoms with Crippen LogP contribution in [0.1, 0.15) is 58.8 Å². The molecule has 196 valence electrons. The summed E-state index contributed by atoms with van der Waals surface area (Å²) < 4.78 is 34.8. The smallest absolute Gasteiger partial charge is 0.216 e. The van der Waals surface area contributed by atoms with Gasteiger partial charge >= 0.3 is 0 Å². The van der Waals surface area contributed by atoms with Crippen LogP contribution in [0.4, 0.5) is 14.6 Å². The number of methoxy groups -OCH3 is 1. The lowest BCUT2D eigenvalue weighted by molar-refractivity contribution is 0.0423. The third-order valence-corrected chi connectivity index (χ3v) is 7.74. The van der Waals surface area contributed by atoms with Gasteiger partial charge in [0.25, 0.3) is 0 Å². The average molecular weight is 510 g/mol. The summed E-state index contributed by atoms with van der Waals surface area (Å²) in [5.41, 5.74) is 1.19. The third kappa shape index (κ3) is 5.08. The van der Waals surface area contributed by atoms with Gasteiger partial charge in [-0.2, -0.15) is 9.37 Å². The van der Waals surface area contributed by atoms with Gasteiger partial charge in [0.15, 0.2) is 11.6 Å². The molecule has 2 saturated carbocycles. The lowest BCUT2D eigenvalue weighted by Gasteiger charge is -2.46. The molecular weight excluding hydrogens is 476 g/mol. The van der Waals surface area contributed by atoms with Crippen LogP contribution >= 0.6 is 0 Å². The summed E-state index contributed by atoms with van der Waals surface area (Å²) in [6, 6.07) is 7.81. The van der Waals surface area contributed by atoms with Crippen LogP contribution < -0.4 is 9.64 Å². The Kier molecular flexibility index (Phi) is 6.96. The minimum absolute atomic E-state index is 0.0614. The zero-order valence-electron chi connectivity index (χ0n) is 21.5. The fourth-order valence-electron chi connectivity index (χ4n) is 5.71. The third-order valence-electron chi connectivity index (χ3n) is 7.74. The van der Waals surface area contributed by atoms with Crippen LogP contribution in [0.3, 0.4) is 0 Å². The van der Waals surface area contributed by atoms with Gasteiger partial charge in [0, 0.05) is 23.6 Å². The summed E-state index contributed by atoms with van der Waals surface area (Å²) in [5, 5.41) is 19.5. The molecule has 1 aromatic carbocycles. The molecule has 0 radical (unpaired) electrons. The number of alkyl halides is 1. The number of nitrogens with zero attached hydrogens (tertiary/aromatic N) is 5. The fourth-order valence-corrected chi connectivity index (χ4v) is 5.71. The van der Waals surface area contributed by atoms with Gasteiger partial charge in [0.05, 0.1) is 24.9 Å². The number of phenolic OH excluding ortho intramolecular Hbond substituents is 1. The molecule has 2 aliphatic carbocycles. The standard InChI is InChI=1S/C28H33F2N5O2/c1-4-11-28(2)12-5-6-21(26(28)30)35(19-8-9-19)24-16-31-27(34-33-24)20-10-7-17(13-22(20)36)18-14-23(29)32-25(15-18)37-3/h7,10,13-16,19,21,26,36H,4-6,8-9,11-12H2,1-3H3/t21-,26-,28+/m0/s1. The first-order valence-electron chi connectivity index (χ1n) is 13.0. The molecule has 37 heavy (non-hydrogen) atoms. The number of hydrogen-bond acceptors (Lipinski definition) is 7. The maximum Gasteiger partial charge on any atom is 0.216 e. The molecule has 0 saturated heterocycles. The number of ether oxygens (including phenoxy) is 1. The van der Waals surface area contributed by atoms with Crippen molar-refractivity contribution in [3.05, 3.63) is 42.5 Å². The zero-order chi connectivity index (χ0) is 26.2. The van der Waals surface area contributed by atoms with Gasteiger partial charge in [-0.1, -0.05) is 32.8 Å². The van der Waals surface area contributed by atoms with Crippen LogP contribution in [0.2, 0.25) is 0 Å². The predicted octanol–water partition coefficient (Wildman–Crippen LogP) is 6.12. The quantitative estimate of drug-likeness (QED) is 0.366. The number of phenols is 1. The van der Waals surface area contributed by atoms with E-state index in [0.29, 0.717) is 22.5 Å². The Labute approximate surface area is 215 Å². The molecule has 0 bridgehead atoms. The van der Waals surface area contributed by atoms with Gasteiger partial charge in [-0.15, -0.1) is 10.2 Å². The van der Waals surface area contributed by atoms with Crippen LogP contribution in [-0.2, 0) is 0 Å². The number of benzene rings is 1.